The molecule has 25 heavy (non-hydrogen) atoms. The number of nitrogens with zero attached hydrogens (tertiary/aromatic N) is 1. The van der Waals surface area contributed by atoms with Gasteiger partial charge in [-0.15, -0.1) is 0 Å². The number of aryl methyl sites for hydroxylation is 1. The Morgan fingerprint density at radius 2 is 2.00 bits per heavy atom. The van der Waals surface area contributed by atoms with Crippen molar-refractivity contribution in [3.63, 3.8) is 0 Å². The van der Waals surface area contributed by atoms with E-state index in [-0.39, 0.29) is 0 Å². The molecule has 2 aliphatic rings. The summed E-state index contributed by atoms with van der Waals surface area (Å²) in [5, 5.41) is 4.31. The van der Waals surface area contributed by atoms with E-state index in [4.69, 9.17) is 16.3 Å². The van der Waals surface area contributed by atoms with Crippen LogP contribution in [0, 0.1) is 13.8 Å². The molecule has 0 bridgehead atoms. The Labute approximate surface area is 154 Å². The van der Waals surface area contributed by atoms with Crippen molar-refractivity contribution >= 4 is 17.3 Å². The van der Waals surface area contributed by atoms with Gasteiger partial charge in [-0.25, -0.2) is 0 Å². The van der Waals surface area contributed by atoms with E-state index in [2.05, 4.69) is 42.3 Å². The van der Waals surface area contributed by atoms with Crippen molar-refractivity contribution in [1.29, 1.82) is 0 Å². The van der Waals surface area contributed by atoms with Gasteiger partial charge >= 0.3 is 0 Å². The van der Waals surface area contributed by atoms with Gasteiger partial charge in [-0.2, -0.15) is 0 Å². The minimum atomic E-state index is 0.739. The maximum absolute atomic E-state index is 6.23. The first-order chi connectivity index (χ1) is 12.1. The molecule has 2 aromatic rings. The Kier molecular flexibility index (Phi) is 4.61. The molecule has 0 aliphatic carbocycles. The van der Waals surface area contributed by atoms with Crippen LogP contribution in [0.4, 0.5) is 5.69 Å². The van der Waals surface area contributed by atoms with Gasteiger partial charge in [0.15, 0.2) is 0 Å². The van der Waals surface area contributed by atoms with E-state index in [1.807, 2.05) is 6.07 Å². The highest BCUT2D eigenvalue weighted by molar-refractivity contribution is 6.30. The van der Waals surface area contributed by atoms with Gasteiger partial charge in [0.05, 0.1) is 12.2 Å². The van der Waals surface area contributed by atoms with E-state index >= 15 is 0 Å². The normalized spacial score (nSPS) is 16.7. The molecule has 2 aromatic carbocycles. The van der Waals surface area contributed by atoms with E-state index in [1.165, 1.54) is 33.5 Å². The van der Waals surface area contributed by atoms with Crippen molar-refractivity contribution in [3.8, 4) is 5.75 Å². The molecule has 0 radical (unpaired) electrons. The molecule has 2 aliphatic heterocycles. The summed E-state index contributed by atoms with van der Waals surface area (Å²) in [6.45, 7) is 9.05. The second-order valence-corrected chi connectivity index (χ2v) is 7.51. The smallest absolute Gasteiger partial charge is 0.143 e. The Morgan fingerprint density at radius 3 is 2.88 bits per heavy atom. The van der Waals surface area contributed by atoms with Crippen molar-refractivity contribution in [2.75, 3.05) is 31.1 Å². The third-order valence-corrected chi connectivity index (χ3v) is 5.70. The van der Waals surface area contributed by atoms with Crippen molar-refractivity contribution in [1.82, 2.24) is 5.32 Å². The first-order valence-corrected chi connectivity index (χ1v) is 9.50. The van der Waals surface area contributed by atoms with E-state index in [0.717, 1.165) is 56.4 Å². The summed E-state index contributed by atoms with van der Waals surface area (Å²) in [7, 11) is 0. The van der Waals surface area contributed by atoms with Crippen LogP contribution in [0.2, 0.25) is 5.02 Å². The van der Waals surface area contributed by atoms with Crippen LogP contribution in [-0.2, 0) is 19.4 Å². The Morgan fingerprint density at radius 1 is 1.16 bits per heavy atom. The Bertz CT molecular complexity index is 803. The van der Waals surface area contributed by atoms with E-state index in [0.29, 0.717) is 0 Å². The summed E-state index contributed by atoms with van der Waals surface area (Å²) in [4.78, 5) is 2.46. The zero-order chi connectivity index (χ0) is 17.4. The zero-order valence-electron chi connectivity index (χ0n) is 15.0. The summed E-state index contributed by atoms with van der Waals surface area (Å²) in [5.41, 5.74) is 8.18. The molecule has 2 heterocycles. The lowest BCUT2D eigenvalue weighted by Gasteiger charge is -2.34. The van der Waals surface area contributed by atoms with Crippen LogP contribution in [-0.4, -0.2) is 26.2 Å². The predicted molar refractivity (Wildman–Crippen MR) is 104 cm³/mol. The SMILES string of the molecule is Cc1ccc(Cl)cc1CN1CCOc2cc3c(c(C)c21)CCNCC3. The van der Waals surface area contributed by atoms with E-state index < -0.39 is 0 Å². The number of benzene rings is 2. The lowest BCUT2D eigenvalue weighted by molar-refractivity contribution is 0.306. The van der Waals surface area contributed by atoms with Crippen molar-refractivity contribution in [2.24, 2.45) is 0 Å². The molecule has 0 aromatic heterocycles. The van der Waals surface area contributed by atoms with Crippen LogP contribution in [0.3, 0.4) is 0 Å². The molecule has 0 fully saturated rings. The molecular weight excluding hydrogens is 332 g/mol. The van der Waals surface area contributed by atoms with Gasteiger partial charge in [0.25, 0.3) is 0 Å². The highest BCUT2D eigenvalue weighted by Crippen LogP contribution is 2.40. The molecule has 132 valence electrons. The lowest BCUT2D eigenvalue weighted by atomic mass is 9.94. The fourth-order valence-corrected chi connectivity index (χ4v) is 4.26. The van der Waals surface area contributed by atoms with Gasteiger partial charge in [0, 0.05) is 11.6 Å². The van der Waals surface area contributed by atoms with Crippen LogP contribution in [0.5, 0.6) is 5.75 Å². The summed E-state index contributed by atoms with van der Waals surface area (Å²) in [6.07, 6.45) is 2.18. The van der Waals surface area contributed by atoms with Crippen molar-refractivity contribution in [2.45, 2.75) is 33.2 Å². The molecule has 0 amide bonds. The number of hydrogen-bond acceptors (Lipinski definition) is 3. The van der Waals surface area contributed by atoms with E-state index in [1.54, 1.807) is 0 Å². The monoisotopic (exact) mass is 356 g/mol. The third-order valence-electron chi connectivity index (χ3n) is 5.46. The highest BCUT2D eigenvalue weighted by Gasteiger charge is 2.25. The highest BCUT2D eigenvalue weighted by atomic mass is 35.5. The van der Waals surface area contributed by atoms with Crippen LogP contribution < -0.4 is 15.0 Å². The van der Waals surface area contributed by atoms with E-state index in [9.17, 15) is 0 Å². The quantitative estimate of drug-likeness (QED) is 0.878. The summed E-state index contributed by atoms with van der Waals surface area (Å²) < 4.78 is 6.04. The summed E-state index contributed by atoms with van der Waals surface area (Å²) in [5.74, 6) is 1.05. The second-order valence-electron chi connectivity index (χ2n) is 7.08. The fraction of sp³-hybridized carbons (Fsp3) is 0.429. The van der Waals surface area contributed by atoms with Gasteiger partial charge in [-0.3, -0.25) is 0 Å². The number of nitrogens with one attached hydrogen (secondary N) is 1. The first-order valence-electron chi connectivity index (χ1n) is 9.12. The molecule has 4 heteroatoms. The maximum Gasteiger partial charge on any atom is 0.143 e. The van der Waals surface area contributed by atoms with Crippen LogP contribution in [0.1, 0.15) is 27.8 Å². The van der Waals surface area contributed by atoms with Gasteiger partial charge in [-0.1, -0.05) is 17.7 Å². The van der Waals surface area contributed by atoms with Gasteiger partial charge in [-0.05, 0) is 85.8 Å². The summed E-state index contributed by atoms with van der Waals surface area (Å²) in [6, 6.07) is 8.44. The number of rotatable bonds is 2. The molecule has 0 saturated heterocycles. The maximum atomic E-state index is 6.23. The van der Waals surface area contributed by atoms with Crippen LogP contribution >= 0.6 is 11.6 Å². The molecule has 4 rings (SSSR count). The minimum absolute atomic E-state index is 0.739. The van der Waals surface area contributed by atoms with Crippen molar-refractivity contribution in [3.05, 3.63) is 57.1 Å². The van der Waals surface area contributed by atoms with Gasteiger partial charge in [0.1, 0.15) is 12.4 Å². The Balaban J connectivity index is 1.74. The number of fused-ring (bicyclic) bond motifs is 2. The third kappa shape index (κ3) is 3.23. The number of halogens is 1. The van der Waals surface area contributed by atoms with Crippen LogP contribution in [0.15, 0.2) is 24.3 Å². The summed E-state index contributed by atoms with van der Waals surface area (Å²) >= 11 is 6.23. The molecule has 0 spiro atoms. The fourth-order valence-electron chi connectivity index (χ4n) is 4.07. The standard InChI is InChI=1S/C21H25ClN2O/c1-14-3-4-18(22)11-17(14)13-24-9-10-25-20-12-16-5-7-23-8-6-19(16)15(2)21(20)24/h3-4,11-12,23H,5-10,13H2,1-2H3. The lowest BCUT2D eigenvalue weighted by Crippen LogP contribution is -2.33. The first kappa shape index (κ1) is 16.7. The molecule has 1 N–H and O–H groups in total. The largest absolute Gasteiger partial charge is 0.490 e. The number of anilines is 1. The molecule has 0 unspecified atom stereocenters. The number of hydrogen-bond donors (Lipinski definition) is 1. The molecular formula is C21H25ClN2O. The average molecular weight is 357 g/mol. The van der Waals surface area contributed by atoms with Gasteiger partial charge in [0.2, 0.25) is 0 Å². The number of ether oxygens (including phenoxy) is 1. The minimum Gasteiger partial charge on any atom is -0.490 e. The van der Waals surface area contributed by atoms with Crippen LogP contribution in [0.25, 0.3) is 0 Å². The molecule has 0 saturated carbocycles. The predicted octanol–water partition coefficient (Wildman–Crippen LogP) is 4.04. The zero-order valence-corrected chi connectivity index (χ0v) is 15.7. The Hall–Kier alpha value is -1.71. The topological polar surface area (TPSA) is 24.5 Å². The van der Waals surface area contributed by atoms with Crippen molar-refractivity contribution < 1.29 is 4.74 Å². The average Bonchev–Trinajstić information content (AvgIpc) is 2.84. The van der Waals surface area contributed by atoms with Gasteiger partial charge < -0.3 is 15.0 Å². The molecule has 3 nitrogen and oxygen atoms in total. The second kappa shape index (κ2) is 6.89. The molecule has 0 atom stereocenters.